The van der Waals surface area contributed by atoms with Crippen molar-refractivity contribution >= 4 is 28.2 Å². The number of hydrogen-bond donors (Lipinski definition) is 1. The summed E-state index contributed by atoms with van der Waals surface area (Å²) in [5.41, 5.74) is 8.52. The van der Waals surface area contributed by atoms with Gasteiger partial charge in [0.15, 0.2) is 0 Å². The van der Waals surface area contributed by atoms with Crippen LogP contribution in [0.2, 0.25) is 0 Å². The largest absolute Gasteiger partial charge is 0.398 e. The van der Waals surface area contributed by atoms with Gasteiger partial charge in [-0.05, 0) is 24.3 Å². The first-order valence-electron chi connectivity index (χ1n) is 6.29. The van der Waals surface area contributed by atoms with Crippen LogP contribution in [-0.2, 0) is 4.79 Å². The van der Waals surface area contributed by atoms with E-state index in [9.17, 15) is 4.79 Å². The van der Waals surface area contributed by atoms with E-state index in [4.69, 9.17) is 5.73 Å². The van der Waals surface area contributed by atoms with Gasteiger partial charge < -0.3 is 15.5 Å². The van der Waals surface area contributed by atoms with Gasteiger partial charge in [-0.15, -0.1) is 0 Å². The van der Waals surface area contributed by atoms with E-state index < -0.39 is 0 Å². The Kier molecular flexibility index (Phi) is 2.74. The number of aromatic nitrogens is 1. The molecule has 2 N–H and O–H groups in total. The Morgan fingerprint density at radius 1 is 1.26 bits per heavy atom. The number of hydrogen-bond acceptors (Lipinski definition) is 4. The molecule has 0 aliphatic carbocycles. The van der Waals surface area contributed by atoms with Crippen LogP contribution in [0.5, 0.6) is 0 Å². The Morgan fingerprint density at radius 2 is 2.11 bits per heavy atom. The summed E-state index contributed by atoms with van der Waals surface area (Å²) in [6.45, 7) is 1.95. The molecule has 1 saturated heterocycles. The predicted octanol–water partition coefficient (Wildman–Crippen LogP) is 1.10. The molecule has 1 fully saturated rings. The minimum Gasteiger partial charge on any atom is -0.398 e. The molecular formula is C14H16N4O. The van der Waals surface area contributed by atoms with E-state index in [1.54, 1.807) is 11.1 Å². The standard InChI is InChI=1S/C14H16N4O/c1-17-7-8-18(9-13(17)19)12-5-4-11(15)10-3-2-6-16-14(10)12/h2-6H,7-9,15H2,1H3. The molecule has 2 aromatic rings. The van der Waals surface area contributed by atoms with E-state index in [2.05, 4.69) is 9.88 Å². The fourth-order valence-corrected chi connectivity index (χ4v) is 2.40. The lowest BCUT2D eigenvalue weighted by atomic mass is 10.1. The second kappa shape index (κ2) is 4.42. The minimum atomic E-state index is 0.132. The molecule has 0 radical (unpaired) electrons. The fourth-order valence-electron chi connectivity index (χ4n) is 2.40. The zero-order valence-corrected chi connectivity index (χ0v) is 10.8. The van der Waals surface area contributed by atoms with E-state index in [-0.39, 0.29) is 5.91 Å². The van der Waals surface area contributed by atoms with Crippen molar-refractivity contribution in [2.24, 2.45) is 0 Å². The molecular weight excluding hydrogens is 240 g/mol. The molecule has 0 atom stereocenters. The Hall–Kier alpha value is -2.30. The number of carbonyl (C=O) groups excluding carboxylic acids is 1. The molecule has 5 nitrogen and oxygen atoms in total. The molecule has 0 saturated carbocycles. The molecule has 1 aromatic heterocycles. The third-order valence-corrected chi connectivity index (χ3v) is 3.58. The Balaban J connectivity index is 2.06. The van der Waals surface area contributed by atoms with Crippen molar-refractivity contribution in [1.82, 2.24) is 9.88 Å². The Bertz CT molecular complexity index is 640. The summed E-state index contributed by atoms with van der Waals surface area (Å²) >= 11 is 0. The molecule has 2 heterocycles. The van der Waals surface area contributed by atoms with Gasteiger partial charge in [-0.2, -0.15) is 0 Å². The molecule has 0 spiro atoms. The molecule has 19 heavy (non-hydrogen) atoms. The molecule has 0 bridgehead atoms. The first kappa shape index (κ1) is 11.8. The maximum atomic E-state index is 11.8. The minimum absolute atomic E-state index is 0.132. The highest BCUT2D eigenvalue weighted by atomic mass is 16.2. The Labute approximate surface area is 111 Å². The van der Waals surface area contributed by atoms with Gasteiger partial charge in [-0.3, -0.25) is 9.78 Å². The number of pyridine rings is 1. The number of anilines is 2. The van der Waals surface area contributed by atoms with Crippen molar-refractivity contribution in [1.29, 1.82) is 0 Å². The molecule has 3 rings (SSSR count). The van der Waals surface area contributed by atoms with Crippen LogP contribution in [0.15, 0.2) is 30.5 Å². The number of nitrogens with zero attached hydrogens (tertiary/aromatic N) is 3. The lowest BCUT2D eigenvalue weighted by Crippen LogP contribution is -2.48. The summed E-state index contributed by atoms with van der Waals surface area (Å²) < 4.78 is 0. The summed E-state index contributed by atoms with van der Waals surface area (Å²) in [5, 5.41) is 0.936. The maximum Gasteiger partial charge on any atom is 0.241 e. The van der Waals surface area contributed by atoms with Gasteiger partial charge in [0.05, 0.1) is 17.7 Å². The molecule has 1 aliphatic heterocycles. The van der Waals surface area contributed by atoms with Crippen LogP contribution in [-0.4, -0.2) is 42.5 Å². The van der Waals surface area contributed by atoms with Gasteiger partial charge in [-0.1, -0.05) is 0 Å². The van der Waals surface area contributed by atoms with Crippen molar-refractivity contribution in [3.8, 4) is 0 Å². The number of rotatable bonds is 1. The van der Waals surface area contributed by atoms with Gasteiger partial charge >= 0.3 is 0 Å². The molecule has 1 aliphatic rings. The first-order valence-corrected chi connectivity index (χ1v) is 6.29. The number of fused-ring (bicyclic) bond motifs is 1. The van der Waals surface area contributed by atoms with Crippen molar-refractivity contribution in [2.45, 2.75) is 0 Å². The molecule has 98 valence electrons. The summed E-state index contributed by atoms with van der Waals surface area (Å²) in [6.07, 6.45) is 1.75. The van der Waals surface area contributed by atoms with Crippen molar-refractivity contribution < 1.29 is 4.79 Å². The number of piperazine rings is 1. The zero-order valence-electron chi connectivity index (χ0n) is 10.8. The normalized spacial score (nSPS) is 16.2. The van der Waals surface area contributed by atoms with Crippen LogP contribution in [0, 0.1) is 0 Å². The number of likely N-dealkylation sites (N-methyl/N-ethyl adjacent to an activating group) is 1. The quantitative estimate of drug-likeness (QED) is 0.776. The van der Waals surface area contributed by atoms with Gasteiger partial charge in [0.1, 0.15) is 0 Å². The van der Waals surface area contributed by atoms with Crippen LogP contribution < -0.4 is 10.6 Å². The fraction of sp³-hybridized carbons (Fsp3) is 0.286. The maximum absolute atomic E-state index is 11.8. The Morgan fingerprint density at radius 3 is 2.89 bits per heavy atom. The lowest BCUT2D eigenvalue weighted by Gasteiger charge is -2.33. The number of benzene rings is 1. The number of carbonyl (C=O) groups is 1. The summed E-state index contributed by atoms with van der Waals surface area (Å²) in [5.74, 6) is 0.132. The van der Waals surface area contributed by atoms with Crippen LogP contribution in [0.4, 0.5) is 11.4 Å². The highest BCUT2D eigenvalue weighted by Crippen LogP contribution is 2.29. The van der Waals surface area contributed by atoms with Gasteiger partial charge in [-0.25, -0.2) is 0 Å². The average Bonchev–Trinajstić information content (AvgIpc) is 2.43. The first-order chi connectivity index (χ1) is 9.16. The van der Waals surface area contributed by atoms with Crippen LogP contribution in [0.3, 0.4) is 0 Å². The average molecular weight is 256 g/mol. The van der Waals surface area contributed by atoms with Crippen molar-refractivity contribution in [3.63, 3.8) is 0 Å². The molecule has 1 amide bonds. The molecule has 5 heteroatoms. The van der Waals surface area contributed by atoms with E-state index >= 15 is 0 Å². The number of amides is 1. The van der Waals surface area contributed by atoms with E-state index in [1.165, 1.54) is 0 Å². The van der Waals surface area contributed by atoms with E-state index in [0.717, 1.165) is 29.7 Å². The third kappa shape index (κ3) is 1.97. The van der Waals surface area contributed by atoms with Crippen LogP contribution in [0.1, 0.15) is 0 Å². The molecule has 0 unspecified atom stereocenters. The zero-order chi connectivity index (χ0) is 13.4. The number of nitrogens with two attached hydrogens (primary N) is 1. The number of nitrogen functional groups attached to an aromatic ring is 1. The van der Waals surface area contributed by atoms with Gasteiger partial charge in [0, 0.05) is 37.4 Å². The SMILES string of the molecule is CN1CCN(c2ccc(N)c3cccnc23)CC1=O. The monoisotopic (exact) mass is 256 g/mol. The smallest absolute Gasteiger partial charge is 0.241 e. The highest BCUT2D eigenvalue weighted by Gasteiger charge is 2.22. The van der Waals surface area contributed by atoms with Gasteiger partial charge in [0.25, 0.3) is 0 Å². The van der Waals surface area contributed by atoms with Crippen molar-refractivity contribution in [2.75, 3.05) is 37.3 Å². The highest BCUT2D eigenvalue weighted by molar-refractivity contribution is 5.99. The topological polar surface area (TPSA) is 62.5 Å². The van der Waals surface area contributed by atoms with Crippen LogP contribution >= 0.6 is 0 Å². The van der Waals surface area contributed by atoms with E-state index in [1.807, 2.05) is 31.3 Å². The third-order valence-electron chi connectivity index (χ3n) is 3.58. The second-order valence-electron chi connectivity index (χ2n) is 4.81. The second-order valence-corrected chi connectivity index (χ2v) is 4.81. The summed E-state index contributed by atoms with van der Waals surface area (Å²) in [7, 11) is 1.83. The summed E-state index contributed by atoms with van der Waals surface area (Å²) in [6, 6.07) is 7.65. The van der Waals surface area contributed by atoms with Gasteiger partial charge in [0.2, 0.25) is 5.91 Å². The molecule has 1 aromatic carbocycles. The van der Waals surface area contributed by atoms with E-state index in [0.29, 0.717) is 12.2 Å². The lowest BCUT2D eigenvalue weighted by molar-refractivity contribution is -0.129. The predicted molar refractivity (Wildman–Crippen MR) is 76.0 cm³/mol. The van der Waals surface area contributed by atoms with Crippen molar-refractivity contribution in [3.05, 3.63) is 30.5 Å². The summed E-state index contributed by atoms with van der Waals surface area (Å²) in [4.78, 5) is 20.1. The van der Waals surface area contributed by atoms with Crippen LogP contribution in [0.25, 0.3) is 10.9 Å².